The Morgan fingerprint density at radius 2 is 1.72 bits per heavy atom. The van der Waals surface area contributed by atoms with Crippen molar-refractivity contribution in [1.82, 2.24) is 19.9 Å². The fourth-order valence-corrected chi connectivity index (χ4v) is 2.16. The number of rotatable bonds is 3. The number of aromatic nitrogens is 4. The SMILES string of the molecule is Cc1ccc(-c2ccccn2)c(C(=O)c2ncc(C(F)(F)F)cn2)n1. The maximum absolute atomic E-state index is 12.7. The minimum Gasteiger partial charge on any atom is -0.283 e. The summed E-state index contributed by atoms with van der Waals surface area (Å²) in [4.78, 5) is 28.1. The Morgan fingerprint density at radius 1 is 1.00 bits per heavy atom. The molecule has 0 unspecified atom stereocenters. The third-order valence-electron chi connectivity index (χ3n) is 3.37. The number of carbonyl (C=O) groups is 1. The Balaban J connectivity index is 2.04. The predicted octanol–water partition coefficient (Wildman–Crippen LogP) is 3.49. The Kier molecular flexibility index (Phi) is 4.26. The zero-order valence-corrected chi connectivity index (χ0v) is 12.9. The zero-order valence-electron chi connectivity index (χ0n) is 12.9. The summed E-state index contributed by atoms with van der Waals surface area (Å²) in [6.45, 7) is 1.70. The van der Waals surface area contributed by atoms with Crippen LogP contribution in [0.1, 0.15) is 27.6 Å². The Labute approximate surface area is 140 Å². The van der Waals surface area contributed by atoms with Crippen LogP contribution in [0.2, 0.25) is 0 Å². The van der Waals surface area contributed by atoms with Gasteiger partial charge in [-0.25, -0.2) is 15.0 Å². The van der Waals surface area contributed by atoms with Crippen LogP contribution in [0.25, 0.3) is 11.3 Å². The summed E-state index contributed by atoms with van der Waals surface area (Å²) in [6.07, 6.45) is -1.84. The van der Waals surface area contributed by atoms with Crippen molar-refractivity contribution in [3.8, 4) is 11.3 Å². The van der Waals surface area contributed by atoms with E-state index in [2.05, 4.69) is 19.9 Å². The molecule has 0 aliphatic heterocycles. The quantitative estimate of drug-likeness (QED) is 0.680. The molecule has 0 amide bonds. The van der Waals surface area contributed by atoms with Gasteiger partial charge in [0.05, 0.1) is 11.3 Å². The van der Waals surface area contributed by atoms with E-state index in [1.165, 1.54) is 0 Å². The lowest BCUT2D eigenvalue weighted by molar-refractivity contribution is -0.138. The van der Waals surface area contributed by atoms with Crippen molar-refractivity contribution in [2.75, 3.05) is 0 Å². The largest absolute Gasteiger partial charge is 0.419 e. The van der Waals surface area contributed by atoms with Gasteiger partial charge in [0, 0.05) is 29.8 Å². The highest BCUT2D eigenvalue weighted by Crippen LogP contribution is 2.28. The summed E-state index contributed by atoms with van der Waals surface area (Å²) in [6, 6.07) is 8.59. The number of nitrogens with zero attached hydrogens (tertiary/aromatic N) is 4. The molecule has 5 nitrogen and oxygen atoms in total. The third kappa shape index (κ3) is 3.52. The van der Waals surface area contributed by atoms with Crippen molar-refractivity contribution in [1.29, 1.82) is 0 Å². The molecule has 25 heavy (non-hydrogen) atoms. The smallest absolute Gasteiger partial charge is 0.283 e. The first-order valence-electron chi connectivity index (χ1n) is 7.19. The van der Waals surface area contributed by atoms with Gasteiger partial charge in [-0.15, -0.1) is 0 Å². The number of alkyl halides is 3. The molecule has 0 saturated heterocycles. The molecule has 3 aromatic rings. The van der Waals surface area contributed by atoms with Crippen LogP contribution in [0, 0.1) is 6.92 Å². The molecule has 3 aromatic heterocycles. The number of aryl methyl sites for hydroxylation is 1. The number of carbonyl (C=O) groups excluding carboxylic acids is 1. The summed E-state index contributed by atoms with van der Waals surface area (Å²) in [5.41, 5.74) is 0.574. The Morgan fingerprint density at radius 3 is 2.32 bits per heavy atom. The van der Waals surface area contributed by atoms with Gasteiger partial charge in [0.2, 0.25) is 11.6 Å². The van der Waals surface area contributed by atoms with Crippen LogP contribution in [-0.4, -0.2) is 25.7 Å². The van der Waals surface area contributed by atoms with Crippen LogP contribution in [0.15, 0.2) is 48.9 Å². The van der Waals surface area contributed by atoms with Crippen molar-refractivity contribution in [2.24, 2.45) is 0 Å². The van der Waals surface area contributed by atoms with E-state index in [-0.39, 0.29) is 11.5 Å². The molecule has 0 bridgehead atoms. The lowest BCUT2D eigenvalue weighted by Crippen LogP contribution is -2.14. The van der Waals surface area contributed by atoms with Crippen molar-refractivity contribution in [2.45, 2.75) is 13.1 Å². The van der Waals surface area contributed by atoms with Gasteiger partial charge in [0.15, 0.2) is 0 Å². The average Bonchev–Trinajstić information content (AvgIpc) is 2.61. The van der Waals surface area contributed by atoms with E-state index in [9.17, 15) is 18.0 Å². The van der Waals surface area contributed by atoms with E-state index in [4.69, 9.17) is 0 Å². The molecule has 8 heteroatoms. The molecule has 0 aliphatic carbocycles. The first kappa shape index (κ1) is 16.7. The lowest BCUT2D eigenvalue weighted by atomic mass is 10.0. The molecule has 3 heterocycles. The van der Waals surface area contributed by atoms with Gasteiger partial charge in [0.1, 0.15) is 5.69 Å². The van der Waals surface area contributed by atoms with Crippen LogP contribution in [0.5, 0.6) is 0 Å². The topological polar surface area (TPSA) is 68.6 Å². The number of pyridine rings is 2. The number of hydrogen-bond acceptors (Lipinski definition) is 5. The fourth-order valence-electron chi connectivity index (χ4n) is 2.16. The van der Waals surface area contributed by atoms with Gasteiger partial charge in [0.25, 0.3) is 0 Å². The molecule has 0 spiro atoms. The highest BCUT2D eigenvalue weighted by atomic mass is 19.4. The monoisotopic (exact) mass is 344 g/mol. The Bertz CT molecular complexity index is 909. The van der Waals surface area contributed by atoms with Gasteiger partial charge in [-0.3, -0.25) is 9.78 Å². The highest BCUT2D eigenvalue weighted by molar-refractivity contribution is 6.09. The third-order valence-corrected chi connectivity index (χ3v) is 3.37. The molecular weight excluding hydrogens is 333 g/mol. The summed E-state index contributed by atoms with van der Waals surface area (Å²) >= 11 is 0. The van der Waals surface area contributed by atoms with Crippen molar-refractivity contribution in [3.05, 3.63) is 71.7 Å². The molecule has 0 saturated carbocycles. The van der Waals surface area contributed by atoms with E-state index in [1.807, 2.05) is 0 Å². The van der Waals surface area contributed by atoms with Gasteiger partial charge in [-0.1, -0.05) is 6.07 Å². The van der Waals surface area contributed by atoms with E-state index in [0.717, 1.165) is 0 Å². The van der Waals surface area contributed by atoms with Crippen molar-refractivity contribution >= 4 is 5.78 Å². The predicted molar refractivity (Wildman–Crippen MR) is 82.7 cm³/mol. The normalized spacial score (nSPS) is 11.4. The molecular formula is C17H11F3N4O. The molecule has 0 N–H and O–H groups in total. The van der Waals surface area contributed by atoms with Crippen LogP contribution in [0.3, 0.4) is 0 Å². The van der Waals surface area contributed by atoms with Crippen LogP contribution in [-0.2, 0) is 6.18 Å². The first-order valence-corrected chi connectivity index (χ1v) is 7.19. The first-order chi connectivity index (χ1) is 11.9. The van der Waals surface area contributed by atoms with Crippen molar-refractivity contribution in [3.63, 3.8) is 0 Å². The van der Waals surface area contributed by atoms with Gasteiger partial charge in [-0.2, -0.15) is 13.2 Å². The molecule has 0 aromatic carbocycles. The summed E-state index contributed by atoms with van der Waals surface area (Å²) in [7, 11) is 0. The molecule has 0 fully saturated rings. The molecule has 0 atom stereocenters. The van der Waals surface area contributed by atoms with Gasteiger partial charge in [-0.05, 0) is 31.2 Å². The fraction of sp³-hybridized carbons (Fsp3) is 0.118. The minimum atomic E-state index is -4.57. The number of ketones is 1. The number of halogens is 3. The van der Waals surface area contributed by atoms with E-state index in [0.29, 0.717) is 29.3 Å². The molecule has 3 rings (SSSR count). The minimum absolute atomic E-state index is 0.0402. The van der Waals surface area contributed by atoms with E-state index in [1.54, 1.807) is 43.5 Å². The van der Waals surface area contributed by atoms with Crippen LogP contribution < -0.4 is 0 Å². The summed E-state index contributed by atoms with van der Waals surface area (Å²) < 4.78 is 37.8. The summed E-state index contributed by atoms with van der Waals surface area (Å²) in [5.74, 6) is -1.03. The maximum Gasteiger partial charge on any atom is 0.419 e. The van der Waals surface area contributed by atoms with E-state index < -0.39 is 17.5 Å². The molecule has 0 radical (unpaired) electrons. The van der Waals surface area contributed by atoms with E-state index >= 15 is 0 Å². The van der Waals surface area contributed by atoms with Crippen LogP contribution >= 0.6 is 0 Å². The van der Waals surface area contributed by atoms with Crippen LogP contribution in [0.4, 0.5) is 13.2 Å². The van der Waals surface area contributed by atoms with Crippen molar-refractivity contribution < 1.29 is 18.0 Å². The summed E-state index contributed by atoms with van der Waals surface area (Å²) in [5, 5.41) is 0. The maximum atomic E-state index is 12.7. The lowest BCUT2D eigenvalue weighted by Gasteiger charge is -2.09. The van der Waals surface area contributed by atoms with Gasteiger partial charge < -0.3 is 0 Å². The Hall–Kier alpha value is -3.16. The second kappa shape index (κ2) is 6.39. The highest BCUT2D eigenvalue weighted by Gasteiger charge is 2.32. The average molecular weight is 344 g/mol. The standard InChI is InChI=1S/C17H11F3N4O/c1-10-5-6-12(13-4-2-3-7-21-13)14(24-10)15(25)16-22-8-11(9-23-16)17(18,19)20/h2-9H,1H3. The van der Waals surface area contributed by atoms with Gasteiger partial charge >= 0.3 is 6.18 Å². The number of hydrogen-bond donors (Lipinski definition) is 0. The molecule has 126 valence electrons. The zero-order chi connectivity index (χ0) is 18.0. The second-order valence-corrected chi connectivity index (χ2v) is 5.19. The molecule has 0 aliphatic rings. The second-order valence-electron chi connectivity index (χ2n) is 5.19.